The molecule has 2 fully saturated rings. The summed E-state index contributed by atoms with van der Waals surface area (Å²) in [5.74, 6) is 1.08. The van der Waals surface area contributed by atoms with Crippen LogP contribution in [-0.2, 0) is 11.2 Å². The van der Waals surface area contributed by atoms with Gasteiger partial charge < -0.3 is 14.5 Å². The zero-order valence-electron chi connectivity index (χ0n) is 21.9. The van der Waals surface area contributed by atoms with E-state index < -0.39 is 6.09 Å². The molecule has 1 saturated carbocycles. The number of amides is 2. The lowest BCUT2D eigenvalue weighted by Gasteiger charge is -2.30. The third-order valence-corrected chi connectivity index (χ3v) is 8.43. The van der Waals surface area contributed by atoms with Crippen molar-refractivity contribution in [1.29, 1.82) is 0 Å². The number of nitrogens with zero attached hydrogens (tertiary/aromatic N) is 2. The molecule has 3 aliphatic rings. The van der Waals surface area contributed by atoms with Crippen LogP contribution in [0.1, 0.15) is 39.1 Å². The topological polar surface area (TPSA) is 79.0 Å². The van der Waals surface area contributed by atoms with Crippen LogP contribution in [0.4, 0.5) is 10.5 Å². The van der Waals surface area contributed by atoms with Gasteiger partial charge in [0.2, 0.25) is 0 Å². The largest absolute Gasteiger partial charge is 0.446 e. The van der Waals surface area contributed by atoms with Crippen molar-refractivity contribution in [2.45, 2.75) is 25.4 Å². The number of hydrogen-bond donors (Lipinski definition) is 1. The Kier molecular flexibility index (Phi) is 7.16. The summed E-state index contributed by atoms with van der Waals surface area (Å²) in [6.07, 6.45) is 2.90. The highest BCUT2D eigenvalue weighted by Crippen LogP contribution is 2.39. The Bertz CT molecular complexity index is 1360. The van der Waals surface area contributed by atoms with Crippen LogP contribution in [0.15, 0.2) is 72.8 Å². The van der Waals surface area contributed by atoms with Gasteiger partial charge in [0.05, 0.1) is 5.69 Å². The molecule has 2 aliphatic heterocycles. The van der Waals surface area contributed by atoms with Gasteiger partial charge >= 0.3 is 6.09 Å². The van der Waals surface area contributed by atoms with Gasteiger partial charge in [-0.05, 0) is 60.4 Å². The van der Waals surface area contributed by atoms with E-state index in [2.05, 4.69) is 10.2 Å². The lowest BCUT2D eigenvalue weighted by Crippen LogP contribution is -2.42. The second-order valence-electron chi connectivity index (χ2n) is 10.9. The Balaban J connectivity index is 0.975. The van der Waals surface area contributed by atoms with Gasteiger partial charge in [0, 0.05) is 49.4 Å². The minimum Gasteiger partial charge on any atom is -0.446 e. The molecule has 0 spiro atoms. The number of hydrogen-bond acceptors (Lipinski definition) is 5. The number of likely N-dealkylation sites (tertiary alicyclic amines) is 1. The standard InChI is InChI=1S/C32H33N3O4/c36-21-22-10-11-29-24(16-22)12-13-35(31(29)37)15-14-34-19-25-17-27(18-26(25)20-34)39-32(38)33-30-9-5-4-8-28(30)23-6-2-1-3-7-23/h1-11,16,21,25-27H,12-15,17-20H2,(H,33,38). The van der Waals surface area contributed by atoms with Gasteiger partial charge in [-0.1, -0.05) is 54.6 Å². The Labute approximate surface area is 228 Å². The van der Waals surface area contributed by atoms with Crippen molar-refractivity contribution in [3.8, 4) is 11.1 Å². The van der Waals surface area contributed by atoms with Crippen molar-refractivity contribution in [3.63, 3.8) is 0 Å². The summed E-state index contributed by atoms with van der Waals surface area (Å²) in [5.41, 5.74) is 5.07. The first-order chi connectivity index (χ1) is 19.1. The molecular formula is C32H33N3O4. The molecule has 7 heteroatoms. The monoisotopic (exact) mass is 523 g/mol. The van der Waals surface area contributed by atoms with Crippen LogP contribution in [0.25, 0.3) is 11.1 Å². The van der Waals surface area contributed by atoms with Gasteiger partial charge in [-0.25, -0.2) is 4.79 Å². The number of ether oxygens (including phenoxy) is 1. The van der Waals surface area contributed by atoms with Crippen LogP contribution < -0.4 is 5.32 Å². The van der Waals surface area contributed by atoms with Gasteiger partial charge in [-0.2, -0.15) is 0 Å². The van der Waals surface area contributed by atoms with Crippen LogP contribution in [0, 0.1) is 11.8 Å². The van der Waals surface area contributed by atoms with Crippen LogP contribution in [0.5, 0.6) is 0 Å². The first kappa shape index (κ1) is 25.3. The van der Waals surface area contributed by atoms with Gasteiger partial charge in [-0.3, -0.25) is 14.9 Å². The third kappa shape index (κ3) is 5.45. The van der Waals surface area contributed by atoms with E-state index in [1.807, 2.05) is 65.6 Å². The van der Waals surface area contributed by atoms with Crippen molar-refractivity contribution < 1.29 is 19.1 Å². The Morgan fingerprint density at radius 2 is 1.67 bits per heavy atom. The molecule has 7 nitrogen and oxygen atoms in total. The lowest BCUT2D eigenvalue weighted by molar-refractivity contribution is 0.0719. The van der Waals surface area contributed by atoms with E-state index in [-0.39, 0.29) is 12.0 Å². The molecule has 2 heterocycles. The number of rotatable bonds is 7. The van der Waals surface area contributed by atoms with E-state index in [1.54, 1.807) is 12.1 Å². The normalized spacial score (nSPS) is 22.3. The van der Waals surface area contributed by atoms with Crippen LogP contribution in [0.3, 0.4) is 0 Å². The summed E-state index contributed by atoms with van der Waals surface area (Å²) in [6, 6.07) is 23.1. The van der Waals surface area contributed by atoms with Gasteiger partial charge in [0.25, 0.3) is 5.91 Å². The number of benzene rings is 3. The second kappa shape index (κ2) is 11.0. The molecule has 0 radical (unpaired) electrons. The molecule has 2 atom stereocenters. The Hall–Kier alpha value is -3.97. The summed E-state index contributed by atoms with van der Waals surface area (Å²) in [4.78, 5) is 41.2. The number of carbonyl (C=O) groups excluding carboxylic acids is 3. The van der Waals surface area contributed by atoms with E-state index in [9.17, 15) is 14.4 Å². The number of carbonyl (C=O) groups is 3. The second-order valence-corrected chi connectivity index (χ2v) is 10.9. The maximum Gasteiger partial charge on any atom is 0.411 e. The number of aldehydes is 1. The average molecular weight is 524 g/mol. The highest BCUT2D eigenvalue weighted by atomic mass is 16.6. The summed E-state index contributed by atoms with van der Waals surface area (Å²) in [6.45, 7) is 4.20. The van der Waals surface area contributed by atoms with Crippen LogP contribution >= 0.6 is 0 Å². The average Bonchev–Trinajstić information content (AvgIpc) is 3.51. The molecular weight excluding hydrogens is 490 g/mol. The van der Waals surface area contributed by atoms with Crippen molar-refractivity contribution in [2.75, 3.05) is 38.0 Å². The molecule has 6 rings (SSSR count). The Morgan fingerprint density at radius 1 is 0.923 bits per heavy atom. The molecule has 0 bridgehead atoms. The first-order valence-corrected chi connectivity index (χ1v) is 13.8. The van der Waals surface area contributed by atoms with E-state index in [0.29, 0.717) is 30.5 Å². The van der Waals surface area contributed by atoms with Crippen molar-refractivity contribution in [2.24, 2.45) is 11.8 Å². The van der Waals surface area contributed by atoms with Crippen LogP contribution in [0.2, 0.25) is 0 Å². The molecule has 0 aromatic heterocycles. The van der Waals surface area contributed by atoms with Crippen molar-refractivity contribution in [3.05, 3.63) is 89.5 Å². The quantitative estimate of drug-likeness (QED) is 0.435. The van der Waals surface area contributed by atoms with Gasteiger partial charge in [0.15, 0.2) is 0 Å². The molecule has 2 unspecified atom stereocenters. The molecule has 200 valence electrons. The first-order valence-electron chi connectivity index (χ1n) is 13.8. The number of nitrogens with one attached hydrogen (secondary N) is 1. The maximum atomic E-state index is 13.0. The minimum atomic E-state index is -0.399. The maximum absolute atomic E-state index is 13.0. The zero-order chi connectivity index (χ0) is 26.8. The van der Waals surface area contributed by atoms with Gasteiger partial charge in [-0.15, -0.1) is 0 Å². The molecule has 3 aromatic rings. The molecule has 3 aromatic carbocycles. The summed E-state index contributed by atoms with van der Waals surface area (Å²) in [7, 11) is 0. The van der Waals surface area contributed by atoms with E-state index in [0.717, 1.165) is 73.1 Å². The summed E-state index contributed by atoms with van der Waals surface area (Å²) < 4.78 is 5.85. The fraction of sp³-hybridized carbons (Fsp3) is 0.344. The fourth-order valence-corrected chi connectivity index (χ4v) is 6.48. The van der Waals surface area contributed by atoms with E-state index in [1.165, 1.54) is 0 Å². The Morgan fingerprint density at radius 3 is 2.44 bits per heavy atom. The van der Waals surface area contributed by atoms with E-state index >= 15 is 0 Å². The lowest BCUT2D eigenvalue weighted by atomic mass is 9.97. The predicted octanol–water partition coefficient (Wildman–Crippen LogP) is 5.12. The summed E-state index contributed by atoms with van der Waals surface area (Å²) >= 11 is 0. The highest BCUT2D eigenvalue weighted by molar-refractivity contribution is 5.97. The third-order valence-electron chi connectivity index (χ3n) is 8.43. The predicted molar refractivity (Wildman–Crippen MR) is 150 cm³/mol. The van der Waals surface area contributed by atoms with Crippen LogP contribution in [-0.4, -0.2) is 66.9 Å². The van der Waals surface area contributed by atoms with Gasteiger partial charge in [0.1, 0.15) is 12.4 Å². The van der Waals surface area contributed by atoms with E-state index in [4.69, 9.17) is 4.74 Å². The molecule has 1 aliphatic carbocycles. The van der Waals surface area contributed by atoms with Crippen molar-refractivity contribution in [1.82, 2.24) is 9.80 Å². The highest BCUT2D eigenvalue weighted by Gasteiger charge is 2.42. The number of fused-ring (bicyclic) bond motifs is 2. The SMILES string of the molecule is O=Cc1ccc2c(c1)CCN(CCN1CC3CC(OC(=O)Nc4ccccc4-c4ccccc4)CC3C1)C2=O. The minimum absolute atomic E-state index is 0.0569. The molecule has 2 amide bonds. The molecule has 39 heavy (non-hydrogen) atoms. The number of anilines is 1. The molecule has 1 N–H and O–H groups in total. The summed E-state index contributed by atoms with van der Waals surface area (Å²) in [5, 5.41) is 2.96. The number of para-hydroxylation sites is 1. The smallest absolute Gasteiger partial charge is 0.411 e. The molecule has 1 saturated heterocycles. The zero-order valence-corrected chi connectivity index (χ0v) is 21.9. The fourth-order valence-electron chi connectivity index (χ4n) is 6.48. The van der Waals surface area contributed by atoms with Crippen molar-refractivity contribution >= 4 is 24.0 Å².